The van der Waals surface area contributed by atoms with Crippen molar-refractivity contribution in [2.75, 3.05) is 18.4 Å². The highest BCUT2D eigenvalue weighted by Gasteiger charge is 2.26. The van der Waals surface area contributed by atoms with Crippen molar-refractivity contribution in [3.05, 3.63) is 54.1 Å². The number of hydrogen-bond donors (Lipinski definition) is 1. The SMILES string of the molecule is CCCn1c(NC(=O)c2cccc(S(=O)(=O)N3CCCCC3)c2)nc2ccccc21. The Balaban J connectivity index is 1.61. The van der Waals surface area contributed by atoms with Crippen LogP contribution in [-0.4, -0.2) is 41.3 Å². The highest BCUT2D eigenvalue weighted by atomic mass is 32.2. The van der Waals surface area contributed by atoms with Crippen LogP contribution >= 0.6 is 0 Å². The van der Waals surface area contributed by atoms with Crippen LogP contribution in [0.1, 0.15) is 43.0 Å². The summed E-state index contributed by atoms with van der Waals surface area (Å²) in [5, 5.41) is 2.86. The third-order valence-electron chi connectivity index (χ3n) is 5.38. The number of aromatic nitrogens is 2. The Labute approximate surface area is 176 Å². The maximum atomic E-state index is 13.0. The fraction of sp³-hybridized carbons (Fsp3) is 0.364. The summed E-state index contributed by atoms with van der Waals surface area (Å²) in [5.41, 5.74) is 2.06. The lowest BCUT2D eigenvalue weighted by atomic mass is 10.2. The van der Waals surface area contributed by atoms with Crippen molar-refractivity contribution in [1.82, 2.24) is 13.9 Å². The average molecular weight is 427 g/mol. The van der Waals surface area contributed by atoms with Gasteiger partial charge in [-0.15, -0.1) is 0 Å². The number of nitrogens with one attached hydrogen (secondary N) is 1. The van der Waals surface area contributed by atoms with E-state index in [0.29, 0.717) is 24.6 Å². The molecule has 1 fully saturated rings. The minimum absolute atomic E-state index is 0.152. The van der Waals surface area contributed by atoms with E-state index >= 15 is 0 Å². The van der Waals surface area contributed by atoms with Gasteiger partial charge in [0.25, 0.3) is 5.91 Å². The average Bonchev–Trinajstić information content (AvgIpc) is 3.12. The molecule has 0 unspecified atom stereocenters. The summed E-state index contributed by atoms with van der Waals surface area (Å²) in [6.45, 7) is 3.84. The Morgan fingerprint density at radius 2 is 1.83 bits per heavy atom. The first kappa shape index (κ1) is 20.6. The van der Waals surface area contributed by atoms with Crippen LogP contribution in [0.2, 0.25) is 0 Å². The summed E-state index contributed by atoms with van der Waals surface area (Å²) in [6.07, 6.45) is 3.68. The van der Waals surface area contributed by atoms with Gasteiger partial charge in [-0.2, -0.15) is 4.31 Å². The first-order chi connectivity index (χ1) is 14.5. The van der Waals surface area contributed by atoms with Crippen LogP contribution in [0.5, 0.6) is 0 Å². The number of rotatable bonds is 6. The number of para-hydroxylation sites is 2. The van der Waals surface area contributed by atoms with Crippen LogP contribution in [0.4, 0.5) is 5.95 Å². The zero-order chi connectivity index (χ0) is 21.1. The van der Waals surface area contributed by atoms with Crippen molar-refractivity contribution in [3.8, 4) is 0 Å². The van der Waals surface area contributed by atoms with Crippen molar-refractivity contribution in [2.24, 2.45) is 0 Å². The second-order valence-corrected chi connectivity index (χ2v) is 9.46. The largest absolute Gasteiger partial charge is 0.310 e. The summed E-state index contributed by atoms with van der Waals surface area (Å²) >= 11 is 0. The van der Waals surface area contributed by atoms with Gasteiger partial charge in [0.15, 0.2) is 0 Å². The van der Waals surface area contributed by atoms with Crippen LogP contribution in [0.3, 0.4) is 0 Å². The molecular formula is C22H26N4O3S. The van der Waals surface area contributed by atoms with Crippen LogP contribution < -0.4 is 5.32 Å². The third-order valence-corrected chi connectivity index (χ3v) is 7.27. The van der Waals surface area contributed by atoms with Gasteiger partial charge in [0.2, 0.25) is 16.0 Å². The molecule has 3 aromatic rings. The van der Waals surface area contributed by atoms with E-state index in [1.165, 1.54) is 10.4 Å². The smallest absolute Gasteiger partial charge is 0.258 e. The Bertz CT molecular complexity index is 1160. The molecule has 0 radical (unpaired) electrons. The predicted molar refractivity (Wildman–Crippen MR) is 117 cm³/mol. The molecule has 1 saturated heterocycles. The zero-order valence-electron chi connectivity index (χ0n) is 17.0. The number of sulfonamides is 1. The maximum Gasteiger partial charge on any atom is 0.258 e. The summed E-state index contributed by atoms with van der Waals surface area (Å²) in [6, 6.07) is 14.0. The van der Waals surface area contributed by atoms with E-state index in [0.717, 1.165) is 43.3 Å². The Kier molecular flexibility index (Phi) is 5.87. The second-order valence-electron chi connectivity index (χ2n) is 7.52. The molecule has 7 nitrogen and oxygen atoms in total. The highest BCUT2D eigenvalue weighted by Crippen LogP contribution is 2.23. The number of carbonyl (C=O) groups is 1. The molecule has 1 aliphatic rings. The molecule has 4 rings (SSSR count). The first-order valence-corrected chi connectivity index (χ1v) is 11.8. The molecule has 1 aliphatic heterocycles. The molecule has 1 aromatic heterocycles. The van der Waals surface area contributed by atoms with E-state index in [9.17, 15) is 13.2 Å². The van der Waals surface area contributed by atoms with Gasteiger partial charge < -0.3 is 4.57 Å². The van der Waals surface area contributed by atoms with Crippen molar-refractivity contribution in [2.45, 2.75) is 44.0 Å². The fourth-order valence-corrected chi connectivity index (χ4v) is 5.41. The van der Waals surface area contributed by atoms with E-state index in [4.69, 9.17) is 0 Å². The number of nitrogens with zero attached hydrogens (tertiary/aromatic N) is 3. The summed E-state index contributed by atoms with van der Waals surface area (Å²) in [7, 11) is -3.60. The molecule has 0 bridgehead atoms. The third kappa shape index (κ3) is 3.97. The van der Waals surface area contributed by atoms with E-state index in [1.54, 1.807) is 18.2 Å². The van der Waals surface area contributed by atoms with Gasteiger partial charge in [-0.25, -0.2) is 13.4 Å². The van der Waals surface area contributed by atoms with Gasteiger partial charge in [-0.1, -0.05) is 31.5 Å². The van der Waals surface area contributed by atoms with Crippen LogP contribution in [0.25, 0.3) is 11.0 Å². The van der Waals surface area contributed by atoms with Crippen molar-refractivity contribution >= 4 is 32.9 Å². The number of benzene rings is 2. The van der Waals surface area contributed by atoms with Crippen LogP contribution in [0.15, 0.2) is 53.4 Å². The van der Waals surface area contributed by atoms with Gasteiger partial charge in [0, 0.05) is 25.2 Å². The van der Waals surface area contributed by atoms with Crippen molar-refractivity contribution in [1.29, 1.82) is 0 Å². The minimum Gasteiger partial charge on any atom is -0.310 e. The quantitative estimate of drug-likeness (QED) is 0.648. The molecule has 1 N–H and O–H groups in total. The molecule has 30 heavy (non-hydrogen) atoms. The molecule has 1 amide bonds. The van der Waals surface area contributed by atoms with Crippen molar-refractivity contribution < 1.29 is 13.2 Å². The number of carbonyl (C=O) groups excluding carboxylic acids is 1. The monoisotopic (exact) mass is 426 g/mol. The van der Waals surface area contributed by atoms with Gasteiger partial charge in [0.05, 0.1) is 15.9 Å². The van der Waals surface area contributed by atoms with Gasteiger partial charge in [-0.3, -0.25) is 10.1 Å². The van der Waals surface area contributed by atoms with Gasteiger partial charge in [-0.05, 0) is 49.6 Å². The predicted octanol–water partition coefficient (Wildman–Crippen LogP) is 3.87. The summed E-state index contributed by atoms with van der Waals surface area (Å²) in [4.78, 5) is 17.6. The van der Waals surface area contributed by atoms with E-state index < -0.39 is 10.0 Å². The summed E-state index contributed by atoms with van der Waals surface area (Å²) in [5.74, 6) is 0.0886. The lowest BCUT2D eigenvalue weighted by Gasteiger charge is -2.26. The van der Waals surface area contributed by atoms with Gasteiger partial charge in [0.1, 0.15) is 0 Å². The normalized spacial score (nSPS) is 15.4. The summed E-state index contributed by atoms with van der Waals surface area (Å²) < 4.78 is 29.4. The Hall–Kier alpha value is -2.71. The molecule has 0 atom stereocenters. The molecular weight excluding hydrogens is 400 g/mol. The molecule has 0 saturated carbocycles. The molecule has 0 spiro atoms. The standard InChI is InChI=1S/C22H26N4O3S/c1-2-13-26-20-12-5-4-11-19(20)23-22(26)24-21(27)17-9-8-10-18(16-17)30(28,29)25-14-6-3-7-15-25/h4-5,8-12,16H,2-3,6-7,13-15H2,1H3,(H,23,24,27). The molecule has 8 heteroatoms. The van der Waals surface area contributed by atoms with Crippen molar-refractivity contribution in [3.63, 3.8) is 0 Å². The number of imidazole rings is 1. The molecule has 2 aromatic carbocycles. The number of piperidine rings is 1. The van der Waals surface area contributed by atoms with Crippen LogP contribution in [-0.2, 0) is 16.6 Å². The lowest BCUT2D eigenvalue weighted by Crippen LogP contribution is -2.35. The fourth-order valence-electron chi connectivity index (χ4n) is 3.85. The highest BCUT2D eigenvalue weighted by molar-refractivity contribution is 7.89. The topological polar surface area (TPSA) is 84.3 Å². The number of hydrogen-bond acceptors (Lipinski definition) is 4. The zero-order valence-corrected chi connectivity index (χ0v) is 17.9. The number of amides is 1. The lowest BCUT2D eigenvalue weighted by molar-refractivity contribution is 0.102. The number of anilines is 1. The van der Waals surface area contributed by atoms with E-state index in [2.05, 4.69) is 17.2 Å². The van der Waals surface area contributed by atoms with E-state index in [1.807, 2.05) is 28.8 Å². The number of aryl methyl sites for hydroxylation is 1. The molecule has 158 valence electrons. The minimum atomic E-state index is -3.60. The van der Waals surface area contributed by atoms with E-state index in [-0.39, 0.29) is 10.8 Å². The Morgan fingerprint density at radius 1 is 1.07 bits per heavy atom. The Morgan fingerprint density at radius 3 is 2.60 bits per heavy atom. The van der Waals surface area contributed by atoms with Gasteiger partial charge >= 0.3 is 0 Å². The first-order valence-electron chi connectivity index (χ1n) is 10.4. The maximum absolute atomic E-state index is 13.0. The second kappa shape index (κ2) is 8.57. The molecule has 2 heterocycles. The number of fused-ring (bicyclic) bond motifs is 1. The van der Waals surface area contributed by atoms with Crippen LogP contribution in [0, 0.1) is 0 Å². The molecule has 0 aliphatic carbocycles.